The lowest BCUT2D eigenvalue weighted by molar-refractivity contribution is 0.00388. The summed E-state index contributed by atoms with van der Waals surface area (Å²) < 4.78 is 0. The predicted octanol–water partition coefficient (Wildman–Crippen LogP) is 3.86. The van der Waals surface area contributed by atoms with Crippen LogP contribution in [0.2, 0.25) is 0 Å². The van der Waals surface area contributed by atoms with E-state index in [0.29, 0.717) is 11.0 Å². The van der Waals surface area contributed by atoms with Crippen LogP contribution in [0.5, 0.6) is 0 Å². The summed E-state index contributed by atoms with van der Waals surface area (Å²) >= 11 is 0. The topological polar surface area (TPSA) is 6.48 Å². The maximum atomic E-state index is 2.71. The molecular weight excluding hydrogens is 244 g/mol. The van der Waals surface area contributed by atoms with Crippen molar-refractivity contribution in [3.05, 3.63) is 0 Å². The van der Waals surface area contributed by atoms with Crippen molar-refractivity contribution in [2.75, 3.05) is 32.7 Å². The molecule has 0 aromatic carbocycles. The lowest BCUT2D eigenvalue weighted by Gasteiger charge is -2.48. The molecule has 0 N–H and O–H groups in total. The molecule has 2 heteroatoms. The highest BCUT2D eigenvalue weighted by atomic mass is 15.2. The van der Waals surface area contributed by atoms with Crippen molar-refractivity contribution >= 4 is 0 Å². The van der Waals surface area contributed by atoms with Gasteiger partial charge in [0, 0.05) is 18.6 Å². The summed E-state index contributed by atoms with van der Waals surface area (Å²) in [4.78, 5) is 5.32. The van der Waals surface area contributed by atoms with Crippen LogP contribution in [-0.4, -0.2) is 48.1 Å². The summed E-state index contributed by atoms with van der Waals surface area (Å²) in [5.74, 6) is 1.88. The van der Waals surface area contributed by atoms with Crippen molar-refractivity contribution in [3.8, 4) is 0 Å². The normalized spacial score (nSPS) is 24.9. The maximum absolute atomic E-state index is 2.71. The fourth-order valence-corrected chi connectivity index (χ4v) is 3.69. The smallest absolute Gasteiger partial charge is 0.0125 e. The van der Waals surface area contributed by atoms with E-state index in [9.17, 15) is 0 Å². The predicted molar refractivity (Wildman–Crippen MR) is 88.1 cm³/mol. The van der Waals surface area contributed by atoms with Gasteiger partial charge in [-0.3, -0.25) is 4.90 Å². The molecule has 0 aromatic heterocycles. The maximum Gasteiger partial charge on any atom is 0.0125 e. The van der Waals surface area contributed by atoms with Crippen molar-refractivity contribution in [1.82, 2.24) is 9.80 Å². The third kappa shape index (κ3) is 4.21. The van der Waals surface area contributed by atoms with Gasteiger partial charge in [0.2, 0.25) is 0 Å². The van der Waals surface area contributed by atoms with Gasteiger partial charge < -0.3 is 4.90 Å². The van der Waals surface area contributed by atoms with Crippen molar-refractivity contribution < 1.29 is 0 Å². The van der Waals surface area contributed by atoms with Crippen LogP contribution < -0.4 is 0 Å². The molecule has 2 fully saturated rings. The molecule has 0 saturated carbocycles. The molecule has 0 amide bonds. The number of nitrogens with zero attached hydrogens (tertiary/aromatic N) is 2. The van der Waals surface area contributed by atoms with Gasteiger partial charge in [0.25, 0.3) is 0 Å². The highest BCUT2D eigenvalue weighted by Crippen LogP contribution is 2.34. The zero-order valence-corrected chi connectivity index (χ0v) is 14.7. The quantitative estimate of drug-likeness (QED) is 0.774. The first-order chi connectivity index (χ1) is 9.16. The first kappa shape index (κ1) is 16.3. The Labute approximate surface area is 126 Å². The van der Waals surface area contributed by atoms with E-state index in [4.69, 9.17) is 0 Å². The van der Waals surface area contributed by atoms with Gasteiger partial charge in [-0.25, -0.2) is 0 Å². The Balaban J connectivity index is 1.61. The van der Waals surface area contributed by atoms with Gasteiger partial charge in [-0.1, -0.05) is 20.8 Å². The van der Waals surface area contributed by atoms with Crippen LogP contribution in [0.1, 0.15) is 60.8 Å². The van der Waals surface area contributed by atoms with E-state index in [1.165, 1.54) is 52.0 Å². The highest BCUT2D eigenvalue weighted by molar-refractivity contribution is 4.89. The van der Waals surface area contributed by atoms with Crippen LogP contribution in [0.15, 0.2) is 0 Å². The first-order valence-electron chi connectivity index (χ1n) is 8.63. The van der Waals surface area contributed by atoms with E-state index >= 15 is 0 Å². The van der Waals surface area contributed by atoms with Gasteiger partial charge in [0.15, 0.2) is 0 Å². The summed E-state index contributed by atoms with van der Waals surface area (Å²) in [6.07, 6.45) is 4.22. The van der Waals surface area contributed by atoms with Crippen LogP contribution in [0.25, 0.3) is 0 Å². The minimum absolute atomic E-state index is 0.377. The average molecular weight is 281 g/mol. The van der Waals surface area contributed by atoms with Crippen molar-refractivity contribution in [1.29, 1.82) is 0 Å². The lowest BCUT2D eigenvalue weighted by Crippen LogP contribution is -2.56. The Bertz CT molecular complexity index is 296. The molecule has 118 valence electrons. The second-order valence-corrected chi connectivity index (χ2v) is 9.21. The molecule has 0 bridgehead atoms. The number of rotatable bonds is 3. The van der Waals surface area contributed by atoms with Gasteiger partial charge in [0.1, 0.15) is 0 Å². The Hall–Kier alpha value is -0.0800. The number of piperidine rings is 1. The molecule has 0 spiro atoms. The molecule has 0 unspecified atom stereocenters. The Kier molecular flexibility index (Phi) is 4.86. The van der Waals surface area contributed by atoms with Crippen LogP contribution in [0, 0.1) is 17.3 Å². The summed E-state index contributed by atoms with van der Waals surface area (Å²) in [7, 11) is 0. The summed E-state index contributed by atoms with van der Waals surface area (Å²) in [5, 5.41) is 0. The van der Waals surface area contributed by atoms with Gasteiger partial charge in [0.05, 0.1) is 0 Å². The first-order valence-corrected chi connectivity index (χ1v) is 8.63. The fourth-order valence-electron chi connectivity index (χ4n) is 3.69. The Morgan fingerprint density at radius 1 is 0.900 bits per heavy atom. The minimum atomic E-state index is 0.377. The van der Waals surface area contributed by atoms with Crippen molar-refractivity contribution in [2.24, 2.45) is 17.3 Å². The molecule has 2 aliphatic rings. The van der Waals surface area contributed by atoms with Crippen LogP contribution >= 0.6 is 0 Å². The molecule has 2 heterocycles. The van der Waals surface area contributed by atoms with E-state index < -0.39 is 0 Å². The molecule has 0 aromatic rings. The van der Waals surface area contributed by atoms with Crippen LogP contribution in [-0.2, 0) is 0 Å². The van der Waals surface area contributed by atoms with E-state index in [-0.39, 0.29) is 0 Å². The molecule has 2 nitrogen and oxygen atoms in total. The molecule has 0 radical (unpaired) electrons. The molecule has 2 saturated heterocycles. The van der Waals surface area contributed by atoms with Crippen LogP contribution in [0.4, 0.5) is 0 Å². The summed E-state index contributed by atoms with van der Waals surface area (Å²) in [5.41, 5.74) is 0.884. The largest absolute Gasteiger partial charge is 0.303 e. The zero-order valence-electron chi connectivity index (χ0n) is 14.7. The second-order valence-electron chi connectivity index (χ2n) is 9.21. The van der Waals surface area contributed by atoms with E-state index in [2.05, 4.69) is 51.3 Å². The lowest BCUT2D eigenvalue weighted by atomic mass is 9.75. The monoisotopic (exact) mass is 280 g/mol. The van der Waals surface area contributed by atoms with Crippen molar-refractivity contribution in [2.45, 2.75) is 66.3 Å². The standard InChI is InChI=1S/C18H36N2/c1-17(2,3)16-8-11-19(12-9-16)10-7-15-13-20(14-15)18(4,5)6/h15-16H,7-14H2,1-6H3. The SMILES string of the molecule is CC(C)(C)C1CCN(CCC2CN(C(C)(C)C)C2)CC1. The average Bonchev–Trinajstić information content (AvgIpc) is 2.24. The van der Waals surface area contributed by atoms with Crippen LogP contribution in [0.3, 0.4) is 0 Å². The molecule has 0 atom stereocenters. The molecule has 2 aliphatic heterocycles. The van der Waals surface area contributed by atoms with E-state index in [0.717, 1.165) is 11.8 Å². The van der Waals surface area contributed by atoms with Gasteiger partial charge in [-0.05, 0) is 76.9 Å². The summed E-state index contributed by atoms with van der Waals surface area (Å²) in [6, 6.07) is 0. The molecule has 20 heavy (non-hydrogen) atoms. The van der Waals surface area contributed by atoms with E-state index in [1.54, 1.807) is 0 Å². The Morgan fingerprint density at radius 3 is 1.90 bits per heavy atom. The minimum Gasteiger partial charge on any atom is -0.303 e. The highest BCUT2D eigenvalue weighted by Gasteiger charge is 2.34. The van der Waals surface area contributed by atoms with Crippen molar-refractivity contribution in [3.63, 3.8) is 0 Å². The fraction of sp³-hybridized carbons (Fsp3) is 1.00. The third-order valence-electron chi connectivity index (χ3n) is 5.57. The van der Waals surface area contributed by atoms with Gasteiger partial charge in [-0.15, -0.1) is 0 Å². The zero-order chi connectivity index (χ0) is 15.0. The van der Waals surface area contributed by atoms with Gasteiger partial charge in [-0.2, -0.15) is 0 Å². The molecule has 0 aliphatic carbocycles. The third-order valence-corrected chi connectivity index (χ3v) is 5.57. The molecular formula is C18H36N2. The number of likely N-dealkylation sites (tertiary alicyclic amines) is 2. The number of hydrogen-bond donors (Lipinski definition) is 0. The summed E-state index contributed by atoms with van der Waals surface area (Å²) in [6.45, 7) is 20.9. The van der Waals surface area contributed by atoms with E-state index in [1.807, 2.05) is 0 Å². The second kappa shape index (κ2) is 5.96. The number of hydrogen-bond acceptors (Lipinski definition) is 2. The Morgan fingerprint density at radius 2 is 1.45 bits per heavy atom. The molecule has 2 rings (SSSR count). The van der Waals surface area contributed by atoms with Gasteiger partial charge >= 0.3 is 0 Å².